The van der Waals surface area contributed by atoms with Gasteiger partial charge in [-0.25, -0.2) is 0 Å². The van der Waals surface area contributed by atoms with Crippen LogP contribution < -0.4 is 11.3 Å². The Morgan fingerprint density at radius 1 is 1.38 bits per heavy atom. The molecule has 0 saturated heterocycles. The monoisotopic (exact) mass is 261 g/mol. The number of nitrogens with one attached hydrogen (secondary N) is 1. The molecule has 1 rings (SSSR count). The van der Waals surface area contributed by atoms with Crippen molar-refractivity contribution in [2.75, 3.05) is 20.6 Å². The van der Waals surface area contributed by atoms with Gasteiger partial charge in [0.1, 0.15) is 0 Å². The second-order valence-corrected chi connectivity index (χ2v) is 4.82. The van der Waals surface area contributed by atoms with Gasteiger partial charge in [0.25, 0.3) is 0 Å². The van der Waals surface area contributed by atoms with Crippen LogP contribution in [-0.2, 0) is 0 Å². The highest BCUT2D eigenvalue weighted by Crippen LogP contribution is 2.27. The third-order valence-corrected chi connectivity index (χ3v) is 2.98. The molecule has 0 saturated carbocycles. The third kappa shape index (κ3) is 3.92. The molecule has 0 aliphatic heterocycles. The van der Waals surface area contributed by atoms with Gasteiger partial charge in [-0.2, -0.15) is 0 Å². The van der Waals surface area contributed by atoms with Gasteiger partial charge in [-0.15, -0.1) is 0 Å². The quantitative estimate of drug-likeness (QED) is 0.632. The first-order valence-corrected chi connectivity index (χ1v) is 5.86. The van der Waals surface area contributed by atoms with Crippen molar-refractivity contribution >= 4 is 23.2 Å². The maximum absolute atomic E-state index is 6.12. The van der Waals surface area contributed by atoms with E-state index in [0.717, 1.165) is 18.5 Å². The van der Waals surface area contributed by atoms with E-state index in [9.17, 15) is 0 Å². The molecule has 0 spiro atoms. The molecular weight excluding hydrogens is 245 g/mol. The van der Waals surface area contributed by atoms with Crippen molar-refractivity contribution in [1.82, 2.24) is 10.3 Å². The Bertz CT molecular complexity index is 342. The topological polar surface area (TPSA) is 41.3 Å². The standard InChI is InChI=1S/C11H17Cl2N3/c1-16(2)6-5-11(15-14)9-7-8(12)3-4-10(9)13/h3-4,7,11,15H,5-6,14H2,1-2H3. The van der Waals surface area contributed by atoms with Crippen LogP contribution >= 0.6 is 23.2 Å². The first-order valence-electron chi connectivity index (χ1n) is 5.10. The molecule has 1 atom stereocenters. The Hall–Kier alpha value is -0.320. The van der Waals surface area contributed by atoms with Gasteiger partial charge in [-0.05, 0) is 50.8 Å². The molecule has 0 aliphatic carbocycles. The number of nitrogens with zero attached hydrogens (tertiary/aromatic N) is 1. The number of hydrogen-bond donors (Lipinski definition) is 2. The lowest BCUT2D eigenvalue weighted by Crippen LogP contribution is -2.30. The minimum atomic E-state index is 0.0219. The van der Waals surface area contributed by atoms with Gasteiger partial charge in [0, 0.05) is 16.1 Å². The fourth-order valence-corrected chi connectivity index (χ4v) is 1.93. The van der Waals surface area contributed by atoms with E-state index in [0.29, 0.717) is 10.0 Å². The average molecular weight is 262 g/mol. The van der Waals surface area contributed by atoms with E-state index in [1.165, 1.54) is 0 Å². The van der Waals surface area contributed by atoms with Crippen molar-refractivity contribution < 1.29 is 0 Å². The number of halogens is 2. The van der Waals surface area contributed by atoms with Crippen molar-refractivity contribution in [2.24, 2.45) is 5.84 Å². The molecule has 90 valence electrons. The summed E-state index contributed by atoms with van der Waals surface area (Å²) in [5.74, 6) is 5.54. The zero-order valence-electron chi connectivity index (χ0n) is 9.50. The largest absolute Gasteiger partial charge is 0.309 e. The van der Waals surface area contributed by atoms with Crippen LogP contribution in [0.15, 0.2) is 18.2 Å². The number of nitrogens with two attached hydrogens (primary N) is 1. The lowest BCUT2D eigenvalue weighted by molar-refractivity contribution is 0.363. The molecule has 1 aromatic carbocycles. The van der Waals surface area contributed by atoms with Gasteiger partial charge in [0.15, 0.2) is 0 Å². The van der Waals surface area contributed by atoms with Gasteiger partial charge in [0.05, 0.1) is 0 Å². The molecular formula is C11H17Cl2N3. The summed E-state index contributed by atoms with van der Waals surface area (Å²) < 4.78 is 0. The average Bonchev–Trinajstić information content (AvgIpc) is 2.23. The van der Waals surface area contributed by atoms with Gasteiger partial charge < -0.3 is 4.90 Å². The molecule has 3 nitrogen and oxygen atoms in total. The van der Waals surface area contributed by atoms with Crippen LogP contribution in [0.5, 0.6) is 0 Å². The summed E-state index contributed by atoms with van der Waals surface area (Å²) in [6, 6.07) is 5.43. The van der Waals surface area contributed by atoms with Crippen LogP contribution in [0.25, 0.3) is 0 Å². The summed E-state index contributed by atoms with van der Waals surface area (Å²) in [5, 5.41) is 1.36. The number of benzene rings is 1. The van der Waals surface area contributed by atoms with E-state index in [1.54, 1.807) is 12.1 Å². The van der Waals surface area contributed by atoms with Crippen molar-refractivity contribution in [2.45, 2.75) is 12.5 Å². The Morgan fingerprint density at radius 3 is 2.62 bits per heavy atom. The lowest BCUT2D eigenvalue weighted by Gasteiger charge is -2.20. The van der Waals surface area contributed by atoms with Gasteiger partial charge in [0.2, 0.25) is 0 Å². The van der Waals surface area contributed by atoms with Crippen LogP contribution in [0.2, 0.25) is 10.0 Å². The molecule has 0 fully saturated rings. The summed E-state index contributed by atoms with van der Waals surface area (Å²) in [4.78, 5) is 2.10. The fraction of sp³-hybridized carbons (Fsp3) is 0.455. The maximum atomic E-state index is 6.12. The highest BCUT2D eigenvalue weighted by Gasteiger charge is 2.13. The second-order valence-electron chi connectivity index (χ2n) is 3.98. The van der Waals surface area contributed by atoms with Crippen molar-refractivity contribution in [3.63, 3.8) is 0 Å². The molecule has 0 aliphatic rings. The van der Waals surface area contributed by atoms with Gasteiger partial charge in [-0.1, -0.05) is 23.2 Å². The van der Waals surface area contributed by atoms with Crippen LogP contribution in [0.3, 0.4) is 0 Å². The van der Waals surface area contributed by atoms with Gasteiger partial charge >= 0.3 is 0 Å². The molecule has 3 N–H and O–H groups in total. The van der Waals surface area contributed by atoms with E-state index in [1.807, 2.05) is 20.2 Å². The first-order chi connectivity index (χ1) is 7.54. The molecule has 1 aromatic rings. The molecule has 1 unspecified atom stereocenters. The summed E-state index contributed by atoms with van der Waals surface area (Å²) in [5.41, 5.74) is 3.72. The Morgan fingerprint density at radius 2 is 2.06 bits per heavy atom. The van der Waals surface area contributed by atoms with Crippen LogP contribution in [0.1, 0.15) is 18.0 Å². The summed E-state index contributed by atoms with van der Waals surface area (Å²) in [6.45, 7) is 0.928. The third-order valence-electron chi connectivity index (χ3n) is 2.40. The first kappa shape index (κ1) is 13.7. The zero-order valence-corrected chi connectivity index (χ0v) is 11.0. The van der Waals surface area contributed by atoms with E-state index in [4.69, 9.17) is 29.0 Å². The Kier molecular flexibility index (Phi) is 5.52. The van der Waals surface area contributed by atoms with E-state index >= 15 is 0 Å². The molecule has 0 aromatic heterocycles. The molecule has 5 heteroatoms. The maximum Gasteiger partial charge on any atom is 0.0487 e. The lowest BCUT2D eigenvalue weighted by atomic mass is 10.0. The molecule has 0 radical (unpaired) electrons. The minimum absolute atomic E-state index is 0.0219. The zero-order chi connectivity index (χ0) is 12.1. The molecule has 16 heavy (non-hydrogen) atoms. The predicted molar refractivity (Wildman–Crippen MR) is 69.7 cm³/mol. The summed E-state index contributed by atoms with van der Waals surface area (Å²) >= 11 is 12.1. The smallest absolute Gasteiger partial charge is 0.0487 e. The van der Waals surface area contributed by atoms with Crippen molar-refractivity contribution in [3.05, 3.63) is 33.8 Å². The van der Waals surface area contributed by atoms with E-state index < -0.39 is 0 Å². The number of hydrazine groups is 1. The Balaban J connectivity index is 2.81. The molecule has 0 heterocycles. The molecule has 0 bridgehead atoms. The van der Waals surface area contributed by atoms with Crippen LogP contribution in [0, 0.1) is 0 Å². The number of hydrogen-bond acceptors (Lipinski definition) is 3. The summed E-state index contributed by atoms with van der Waals surface area (Å²) in [7, 11) is 4.04. The minimum Gasteiger partial charge on any atom is -0.309 e. The molecule has 0 amide bonds. The second kappa shape index (κ2) is 6.42. The number of rotatable bonds is 5. The fourth-order valence-electron chi connectivity index (χ4n) is 1.50. The Labute approximate surface area is 106 Å². The highest BCUT2D eigenvalue weighted by molar-refractivity contribution is 6.33. The normalized spacial score (nSPS) is 13.1. The summed E-state index contributed by atoms with van der Waals surface area (Å²) in [6.07, 6.45) is 0.879. The van der Waals surface area contributed by atoms with Crippen molar-refractivity contribution in [1.29, 1.82) is 0 Å². The SMILES string of the molecule is CN(C)CCC(NN)c1cc(Cl)ccc1Cl. The van der Waals surface area contributed by atoms with E-state index in [2.05, 4.69) is 10.3 Å². The predicted octanol–water partition coefficient (Wildman–Crippen LogP) is 2.45. The van der Waals surface area contributed by atoms with Crippen LogP contribution in [-0.4, -0.2) is 25.5 Å². The van der Waals surface area contributed by atoms with Gasteiger partial charge in [-0.3, -0.25) is 11.3 Å². The van der Waals surface area contributed by atoms with Crippen LogP contribution in [0.4, 0.5) is 0 Å². The van der Waals surface area contributed by atoms with E-state index in [-0.39, 0.29) is 6.04 Å². The highest BCUT2D eigenvalue weighted by atomic mass is 35.5. The van der Waals surface area contributed by atoms with Crippen molar-refractivity contribution in [3.8, 4) is 0 Å².